The second kappa shape index (κ2) is 6.63. The van der Waals surface area contributed by atoms with Gasteiger partial charge in [-0.2, -0.15) is 0 Å². The van der Waals surface area contributed by atoms with Gasteiger partial charge in [0.25, 0.3) is 0 Å². The summed E-state index contributed by atoms with van der Waals surface area (Å²) in [6, 6.07) is 14.4. The Bertz CT molecular complexity index is 690. The predicted molar refractivity (Wildman–Crippen MR) is 94.8 cm³/mol. The lowest BCUT2D eigenvalue weighted by atomic mass is 10.0. The molecule has 1 fully saturated rings. The molecule has 0 saturated carbocycles. The summed E-state index contributed by atoms with van der Waals surface area (Å²) in [5.41, 5.74) is 2.87. The van der Waals surface area contributed by atoms with Gasteiger partial charge < -0.3 is 9.64 Å². The number of pyridine rings is 1. The average molecular weight is 324 g/mol. The van der Waals surface area contributed by atoms with Crippen molar-refractivity contribution in [1.82, 2.24) is 9.88 Å². The lowest BCUT2D eigenvalue weighted by Crippen LogP contribution is -2.35. The van der Waals surface area contributed by atoms with Crippen molar-refractivity contribution in [2.24, 2.45) is 0 Å². The van der Waals surface area contributed by atoms with E-state index in [1.807, 2.05) is 45.2 Å². The van der Waals surface area contributed by atoms with Crippen molar-refractivity contribution >= 4 is 6.09 Å². The Balaban J connectivity index is 1.65. The second-order valence-corrected chi connectivity index (χ2v) is 7.25. The fourth-order valence-corrected chi connectivity index (χ4v) is 2.94. The van der Waals surface area contributed by atoms with Crippen LogP contribution in [0.1, 0.15) is 38.8 Å². The van der Waals surface area contributed by atoms with Crippen molar-refractivity contribution < 1.29 is 9.53 Å². The van der Waals surface area contributed by atoms with Crippen LogP contribution in [0.25, 0.3) is 11.1 Å². The quantitative estimate of drug-likeness (QED) is 0.818. The van der Waals surface area contributed by atoms with E-state index in [1.165, 1.54) is 5.56 Å². The minimum absolute atomic E-state index is 0.231. The number of carbonyl (C=O) groups is 1. The molecule has 2 aromatic rings. The molecule has 1 aromatic heterocycles. The molecule has 1 aliphatic heterocycles. The van der Waals surface area contributed by atoms with E-state index in [1.54, 1.807) is 4.90 Å². The third kappa shape index (κ3) is 3.94. The Labute approximate surface area is 143 Å². The summed E-state index contributed by atoms with van der Waals surface area (Å²) in [5, 5.41) is 0. The van der Waals surface area contributed by atoms with Gasteiger partial charge >= 0.3 is 6.09 Å². The van der Waals surface area contributed by atoms with Gasteiger partial charge in [0.15, 0.2) is 0 Å². The van der Waals surface area contributed by atoms with Gasteiger partial charge in [0.1, 0.15) is 5.60 Å². The van der Waals surface area contributed by atoms with Gasteiger partial charge in [0.2, 0.25) is 0 Å². The monoisotopic (exact) mass is 324 g/mol. The molecule has 4 nitrogen and oxygen atoms in total. The molecule has 1 atom stereocenters. The zero-order chi connectivity index (χ0) is 17.2. The van der Waals surface area contributed by atoms with Crippen LogP contribution in [0.4, 0.5) is 4.79 Å². The molecule has 0 N–H and O–H groups in total. The maximum Gasteiger partial charge on any atom is 0.410 e. The highest BCUT2D eigenvalue weighted by Gasteiger charge is 2.31. The van der Waals surface area contributed by atoms with Crippen LogP contribution >= 0.6 is 0 Å². The van der Waals surface area contributed by atoms with Crippen molar-refractivity contribution in [2.75, 3.05) is 13.1 Å². The van der Waals surface area contributed by atoms with Crippen LogP contribution in [-0.4, -0.2) is 34.7 Å². The number of ether oxygens (including phenoxy) is 1. The summed E-state index contributed by atoms with van der Waals surface area (Å²) in [7, 11) is 0. The predicted octanol–water partition coefficient (Wildman–Crippen LogP) is 4.47. The highest BCUT2D eigenvalue weighted by Crippen LogP contribution is 2.28. The van der Waals surface area contributed by atoms with Crippen LogP contribution < -0.4 is 0 Å². The van der Waals surface area contributed by atoms with Gasteiger partial charge in [-0.25, -0.2) is 4.79 Å². The number of hydrogen-bond donors (Lipinski definition) is 0. The van der Waals surface area contributed by atoms with Crippen LogP contribution in [0.3, 0.4) is 0 Å². The molecule has 0 radical (unpaired) electrons. The number of nitrogens with zero attached hydrogens (tertiary/aromatic N) is 2. The molecule has 0 bridgehead atoms. The molecule has 0 aliphatic carbocycles. The Morgan fingerprint density at radius 3 is 2.50 bits per heavy atom. The minimum atomic E-state index is -0.454. The molecule has 1 amide bonds. The normalized spacial score (nSPS) is 17.8. The summed E-state index contributed by atoms with van der Waals surface area (Å²) < 4.78 is 5.45. The SMILES string of the molecule is CC(C)(C)OC(=O)N1CCC(c2ccc(-c3ccccc3)cn2)C1. The highest BCUT2D eigenvalue weighted by atomic mass is 16.6. The minimum Gasteiger partial charge on any atom is -0.444 e. The van der Waals surface area contributed by atoms with E-state index in [2.05, 4.69) is 29.2 Å². The molecule has 1 unspecified atom stereocenters. The fraction of sp³-hybridized carbons (Fsp3) is 0.400. The summed E-state index contributed by atoms with van der Waals surface area (Å²) in [6.07, 6.45) is 2.61. The van der Waals surface area contributed by atoms with E-state index in [0.717, 1.165) is 24.2 Å². The van der Waals surface area contributed by atoms with Gasteiger partial charge in [-0.05, 0) is 38.8 Å². The molecule has 24 heavy (non-hydrogen) atoms. The molecule has 1 aliphatic rings. The van der Waals surface area contributed by atoms with E-state index in [0.29, 0.717) is 6.54 Å². The topological polar surface area (TPSA) is 42.4 Å². The van der Waals surface area contributed by atoms with E-state index in [9.17, 15) is 4.79 Å². The molecule has 3 rings (SSSR count). The van der Waals surface area contributed by atoms with Gasteiger partial charge in [-0.15, -0.1) is 0 Å². The maximum absolute atomic E-state index is 12.2. The van der Waals surface area contributed by atoms with Crippen LogP contribution in [0.2, 0.25) is 0 Å². The third-order valence-electron chi connectivity index (χ3n) is 4.15. The van der Waals surface area contributed by atoms with Crippen molar-refractivity contribution in [3.05, 3.63) is 54.4 Å². The van der Waals surface area contributed by atoms with Gasteiger partial charge in [0, 0.05) is 36.5 Å². The lowest BCUT2D eigenvalue weighted by molar-refractivity contribution is 0.0292. The number of amides is 1. The zero-order valence-corrected chi connectivity index (χ0v) is 14.5. The molecule has 2 heterocycles. The van der Waals surface area contributed by atoms with Gasteiger partial charge in [-0.3, -0.25) is 4.98 Å². The summed E-state index contributed by atoms with van der Waals surface area (Å²) in [4.78, 5) is 18.6. The van der Waals surface area contributed by atoms with Crippen molar-refractivity contribution in [3.63, 3.8) is 0 Å². The number of hydrogen-bond acceptors (Lipinski definition) is 3. The van der Waals surface area contributed by atoms with Crippen LogP contribution in [-0.2, 0) is 4.74 Å². The maximum atomic E-state index is 12.2. The van der Waals surface area contributed by atoms with E-state index < -0.39 is 5.60 Å². The van der Waals surface area contributed by atoms with Crippen molar-refractivity contribution in [3.8, 4) is 11.1 Å². The first-order valence-electron chi connectivity index (χ1n) is 8.42. The average Bonchev–Trinajstić information content (AvgIpc) is 3.04. The molecule has 4 heteroatoms. The fourth-order valence-electron chi connectivity index (χ4n) is 2.94. The van der Waals surface area contributed by atoms with E-state index >= 15 is 0 Å². The standard InChI is InChI=1S/C20H24N2O2/c1-20(2,3)24-19(23)22-12-11-17(14-22)18-10-9-16(13-21-18)15-7-5-4-6-8-15/h4-10,13,17H,11-12,14H2,1-3H3. The molecular weight excluding hydrogens is 300 g/mol. The molecule has 1 aromatic carbocycles. The number of aromatic nitrogens is 1. The van der Waals surface area contributed by atoms with Crippen molar-refractivity contribution in [2.45, 2.75) is 38.7 Å². The zero-order valence-electron chi connectivity index (χ0n) is 14.5. The number of benzene rings is 1. The Kier molecular flexibility index (Phi) is 4.56. The first kappa shape index (κ1) is 16.5. The Morgan fingerprint density at radius 1 is 1.12 bits per heavy atom. The second-order valence-electron chi connectivity index (χ2n) is 7.25. The number of likely N-dealkylation sites (tertiary alicyclic amines) is 1. The van der Waals surface area contributed by atoms with Crippen LogP contribution in [0, 0.1) is 0 Å². The lowest BCUT2D eigenvalue weighted by Gasteiger charge is -2.24. The van der Waals surface area contributed by atoms with Gasteiger partial charge in [0.05, 0.1) is 0 Å². The summed E-state index contributed by atoms with van der Waals surface area (Å²) in [5.74, 6) is 0.280. The van der Waals surface area contributed by atoms with Crippen LogP contribution in [0.5, 0.6) is 0 Å². The Morgan fingerprint density at radius 2 is 1.88 bits per heavy atom. The molecule has 0 spiro atoms. The molecular formula is C20H24N2O2. The highest BCUT2D eigenvalue weighted by molar-refractivity contribution is 5.68. The number of carbonyl (C=O) groups excluding carboxylic acids is 1. The van der Waals surface area contributed by atoms with E-state index in [4.69, 9.17) is 4.74 Å². The largest absolute Gasteiger partial charge is 0.444 e. The first-order chi connectivity index (χ1) is 11.4. The Hall–Kier alpha value is -2.36. The van der Waals surface area contributed by atoms with Crippen molar-refractivity contribution in [1.29, 1.82) is 0 Å². The summed E-state index contributed by atoms with van der Waals surface area (Å²) in [6.45, 7) is 7.07. The molecule has 1 saturated heterocycles. The smallest absolute Gasteiger partial charge is 0.410 e. The van der Waals surface area contributed by atoms with Crippen LogP contribution in [0.15, 0.2) is 48.7 Å². The van der Waals surface area contributed by atoms with E-state index in [-0.39, 0.29) is 12.0 Å². The summed E-state index contributed by atoms with van der Waals surface area (Å²) >= 11 is 0. The first-order valence-corrected chi connectivity index (χ1v) is 8.42. The molecule has 126 valence electrons. The third-order valence-corrected chi connectivity index (χ3v) is 4.15. The van der Waals surface area contributed by atoms with Gasteiger partial charge in [-0.1, -0.05) is 36.4 Å². The number of rotatable bonds is 2.